The van der Waals surface area contributed by atoms with Crippen molar-refractivity contribution in [3.05, 3.63) is 53.9 Å². The molecule has 1 heterocycles. The molecule has 23 heavy (non-hydrogen) atoms. The van der Waals surface area contributed by atoms with Gasteiger partial charge in [0.1, 0.15) is 24.1 Å². The van der Waals surface area contributed by atoms with Gasteiger partial charge in [0, 0.05) is 0 Å². The fraction of sp³-hybridized carbons (Fsp3) is 0.444. The van der Waals surface area contributed by atoms with Gasteiger partial charge in [0.05, 0.1) is 6.54 Å². The van der Waals surface area contributed by atoms with Crippen molar-refractivity contribution in [2.24, 2.45) is 5.41 Å². The summed E-state index contributed by atoms with van der Waals surface area (Å²) in [6.07, 6.45) is 7.88. The molecule has 4 nitrogen and oxygen atoms in total. The van der Waals surface area contributed by atoms with Gasteiger partial charge in [-0.1, -0.05) is 32.1 Å². The van der Waals surface area contributed by atoms with E-state index in [1.54, 1.807) is 23.1 Å². The molecule has 0 amide bonds. The molecule has 5 heteroatoms. The van der Waals surface area contributed by atoms with E-state index in [1.807, 2.05) is 6.08 Å². The second-order valence-corrected chi connectivity index (χ2v) is 6.91. The van der Waals surface area contributed by atoms with Crippen LogP contribution in [0.3, 0.4) is 0 Å². The Bertz CT molecular complexity index is 692. The molecule has 2 aromatic rings. The maximum atomic E-state index is 13.1. The first kappa shape index (κ1) is 15.9. The van der Waals surface area contributed by atoms with E-state index in [4.69, 9.17) is 0 Å². The smallest absolute Gasteiger partial charge is 0.137 e. The summed E-state index contributed by atoms with van der Waals surface area (Å²) < 4.78 is 14.8. The molecule has 0 aliphatic heterocycles. The quantitative estimate of drug-likeness (QED) is 0.944. The molecule has 122 valence electrons. The molecule has 0 spiro atoms. The van der Waals surface area contributed by atoms with Crippen molar-refractivity contribution in [2.75, 3.05) is 0 Å². The van der Waals surface area contributed by atoms with Crippen LogP contribution in [0.5, 0.6) is 0 Å². The predicted molar refractivity (Wildman–Crippen MR) is 87.0 cm³/mol. The van der Waals surface area contributed by atoms with Crippen LogP contribution < -0.4 is 0 Å². The van der Waals surface area contributed by atoms with Crippen LogP contribution in [0.25, 0.3) is 6.08 Å². The van der Waals surface area contributed by atoms with Gasteiger partial charge >= 0.3 is 0 Å². The van der Waals surface area contributed by atoms with Crippen LogP contribution in [0.2, 0.25) is 0 Å². The number of rotatable bonds is 3. The van der Waals surface area contributed by atoms with E-state index in [2.05, 4.69) is 23.9 Å². The van der Waals surface area contributed by atoms with Crippen LogP contribution in [0.15, 0.2) is 42.5 Å². The van der Waals surface area contributed by atoms with Gasteiger partial charge in [0.25, 0.3) is 0 Å². The fourth-order valence-corrected chi connectivity index (χ4v) is 3.39. The lowest BCUT2D eigenvalue weighted by atomic mass is 9.62. The Morgan fingerprint density at radius 3 is 2.70 bits per heavy atom. The molecule has 1 aliphatic carbocycles. The first-order valence-corrected chi connectivity index (χ1v) is 7.92. The van der Waals surface area contributed by atoms with Gasteiger partial charge in [-0.3, -0.25) is 0 Å². The molecule has 1 aliphatic rings. The first-order chi connectivity index (χ1) is 10.9. The van der Waals surface area contributed by atoms with Gasteiger partial charge in [-0.25, -0.2) is 14.1 Å². The zero-order chi connectivity index (χ0) is 16.5. The number of hydrogen-bond acceptors (Lipinski definition) is 3. The highest BCUT2D eigenvalue weighted by molar-refractivity contribution is 5.56. The van der Waals surface area contributed by atoms with E-state index in [0.717, 1.165) is 30.4 Å². The van der Waals surface area contributed by atoms with Crippen molar-refractivity contribution < 1.29 is 9.50 Å². The highest BCUT2D eigenvalue weighted by Gasteiger charge is 2.48. The average molecular weight is 315 g/mol. The minimum Gasteiger partial charge on any atom is -0.383 e. The van der Waals surface area contributed by atoms with Crippen LogP contribution in [-0.4, -0.2) is 25.5 Å². The van der Waals surface area contributed by atoms with Crippen molar-refractivity contribution in [3.8, 4) is 0 Å². The van der Waals surface area contributed by atoms with Crippen LogP contribution in [0.4, 0.5) is 4.39 Å². The summed E-state index contributed by atoms with van der Waals surface area (Å²) in [6, 6.07) is 6.35. The molecule has 1 atom stereocenters. The van der Waals surface area contributed by atoms with Gasteiger partial charge in [0.15, 0.2) is 0 Å². The minimum absolute atomic E-state index is 0.256. The molecule has 1 saturated carbocycles. The fourth-order valence-electron chi connectivity index (χ4n) is 3.39. The minimum atomic E-state index is -1.01. The molecule has 0 radical (unpaired) electrons. The van der Waals surface area contributed by atoms with Crippen LogP contribution in [0, 0.1) is 11.2 Å². The molecule has 0 bridgehead atoms. The van der Waals surface area contributed by atoms with Crippen LogP contribution in [0.1, 0.15) is 38.7 Å². The maximum Gasteiger partial charge on any atom is 0.137 e. The van der Waals surface area contributed by atoms with E-state index in [0.29, 0.717) is 6.54 Å². The summed E-state index contributed by atoms with van der Waals surface area (Å²) >= 11 is 0. The second kappa shape index (κ2) is 5.89. The molecular weight excluding hydrogens is 293 g/mol. The lowest BCUT2D eigenvalue weighted by molar-refractivity contribution is -0.0692. The van der Waals surface area contributed by atoms with Crippen molar-refractivity contribution in [1.29, 1.82) is 0 Å². The molecule has 1 unspecified atom stereocenters. The lowest BCUT2D eigenvalue weighted by Crippen LogP contribution is -2.52. The lowest BCUT2D eigenvalue weighted by Gasteiger charge is -2.48. The van der Waals surface area contributed by atoms with E-state index in [-0.39, 0.29) is 11.2 Å². The molecule has 1 fully saturated rings. The number of aliphatic hydroxyl groups is 1. The number of aromatic nitrogens is 3. The zero-order valence-electron chi connectivity index (χ0n) is 13.5. The zero-order valence-corrected chi connectivity index (χ0v) is 13.5. The SMILES string of the molecule is CC1(C)CCCC(=Cc2ccc(F)cc2)C1(O)Cn1cncn1. The Balaban J connectivity index is 2.00. The summed E-state index contributed by atoms with van der Waals surface area (Å²) in [5, 5.41) is 15.7. The topological polar surface area (TPSA) is 50.9 Å². The number of halogens is 1. The molecule has 1 N–H and O–H groups in total. The van der Waals surface area contributed by atoms with Crippen molar-refractivity contribution in [2.45, 2.75) is 45.3 Å². The number of nitrogens with zero attached hydrogens (tertiary/aromatic N) is 3. The first-order valence-electron chi connectivity index (χ1n) is 7.92. The van der Waals surface area contributed by atoms with E-state index in [9.17, 15) is 9.50 Å². The summed E-state index contributed by atoms with van der Waals surface area (Å²) in [4.78, 5) is 3.96. The summed E-state index contributed by atoms with van der Waals surface area (Å²) in [5.74, 6) is -0.256. The summed E-state index contributed by atoms with van der Waals surface area (Å²) in [7, 11) is 0. The van der Waals surface area contributed by atoms with Gasteiger partial charge in [0.2, 0.25) is 0 Å². The molecular formula is C18H22FN3O. The van der Waals surface area contributed by atoms with E-state index < -0.39 is 5.60 Å². The van der Waals surface area contributed by atoms with Crippen LogP contribution >= 0.6 is 0 Å². The van der Waals surface area contributed by atoms with Crippen molar-refractivity contribution >= 4 is 6.08 Å². The number of hydrogen-bond donors (Lipinski definition) is 1. The van der Waals surface area contributed by atoms with E-state index in [1.165, 1.54) is 18.5 Å². The number of benzene rings is 1. The normalized spacial score (nSPS) is 25.7. The van der Waals surface area contributed by atoms with Gasteiger partial charge in [-0.2, -0.15) is 5.10 Å². The Morgan fingerprint density at radius 1 is 1.30 bits per heavy atom. The third-order valence-corrected chi connectivity index (χ3v) is 4.97. The van der Waals surface area contributed by atoms with Gasteiger partial charge in [-0.05, 0) is 47.9 Å². The van der Waals surface area contributed by atoms with Gasteiger partial charge < -0.3 is 5.11 Å². The van der Waals surface area contributed by atoms with Crippen molar-refractivity contribution in [3.63, 3.8) is 0 Å². The largest absolute Gasteiger partial charge is 0.383 e. The third kappa shape index (κ3) is 3.06. The Morgan fingerprint density at radius 2 is 2.04 bits per heavy atom. The highest BCUT2D eigenvalue weighted by Crippen LogP contribution is 2.48. The van der Waals surface area contributed by atoms with Gasteiger partial charge in [-0.15, -0.1) is 0 Å². The monoisotopic (exact) mass is 315 g/mol. The maximum absolute atomic E-state index is 13.1. The standard InChI is InChI=1S/C18H22FN3O/c1-17(2)9-3-4-15(10-14-5-7-16(19)8-6-14)18(17,23)11-22-13-20-12-21-22/h5-8,10,12-13,23H,3-4,9,11H2,1-2H3. The molecule has 3 rings (SSSR count). The van der Waals surface area contributed by atoms with E-state index >= 15 is 0 Å². The Labute approximate surface area is 135 Å². The highest BCUT2D eigenvalue weighted by atomic mass is 19.1. The predicted octanol–water partition coefficient (Wildman–Crippen LogP) is 3.44. The Hall–Kier alpha value is -2.01. The summed E-state index contributed by atoms with van der Waals surface area (Å²) in [5.41, 5.74) is 0.586. The molecule has 1 aromatic carbocycles. The average Bonchev–Trinajstić information content (AvgIpc) is 2.99. The molecule has 0 saturated heterocycles. The van der Waals surface area contributed by atoms with Crippen molar-refractivity contribution in [1.82, 2.24) is 14.8 Å². The summed E-state index contributed by atoms with van der Waals surface area (Å²) in [6.45, 7) is 4.54. The van der Waals surface area contributed by atoms with Crippen LogP contribution in [-0.2, 0) is 6.54 Å². The molecule has 1 aromatic heterocycles. The third-order valence-electron chi connectivity index (χ3n) is 4.97. The second-order valence-electron chi connectivity index (χ2n) is 6.91. The Kier molecular flexibility index (Phi) is 4.06.